The summed E-state index contributed by atoms with van der Waals surface area (Å²) in [7, 11) is 2.99. The third-order valence-electron chi connectivity index (χ3n) is 3.69. The van der Waals surface area contributed by atoms with Crippen LogP contribution in [-0.4, -0.2) is 31.7 Å². The first-order valence-electron chi connectivity index (χ1n) is 8.32. The Labute approximate surface area is 162 Å². The number of hydrazone groups is 1. The second-order valence-corrected chi connectivity index (χ2v) is 5.78. The molecule has 0 atom stereocenters. The summed E-state index contributed by atoms with van der Waals surface area (Å²) >= 11 is 0. The number of ether oxygens (including phenoxy) is 2. The first-order valence-corrected chi connectivity index (χ1v) is 8.32. The number of methoxy groups -OCH3 is 2. The van der Waals surface area contributed by atoms with Gasteiger partial charge in [0.15, 0.2) is 11.5 Å². The molecule has 0 aliphatic carbocycles. The van der Waals surface area contributed by atoms with Gasteiger partial charge in [-0.1, -0.05) is 6.07 Å². The maximum Gasteiger partial charge on any atom is 0.271 e. The molecule has 0 aromatic heterocycles. The number of carbonyl (C=O) groups is 2. The van der Waals surface area contributed by atoms with Crippen molar-refractivity contribution in [1.82, 2.24) is 5.43 Å². The van der Waals surface area contributed by atoms with E-state index in [2.05, 4.69) is 15.8 Å². The smallest absolute Gasteiger partial charge is 0.271 e. The summed E-state index contributed by atoms with van der Waals surface area (Å²) in [6.07, 6.45) is -0.0109. The van der Waals surface area contributed by atoms with Gasteiger partial charge in [-0.2, -0.15) is 10.4 Å². The molecule has 0 heterocycles. The zero-order valence-electron chi connectivity index (χ0n) is 15.8. The Morgan fingerprint density at radius 1 is 1.11 bits per heavy atom. The average molecular weight is 380 g/mol. The predicted molar refractivity (Wildman–Crippen MR) is 105 cm³/mol. The second-order valence-electron chi connectivity index (χ2n) is 5.78. The molecule has 8 nitrogen and oxygen atoms in total. The number of nitriles is 1. The quantitative estimate of drug-likeness (QED) is 0.566. The van der Waals surface area contributed by atoms with Crippen LogP contribution in [0.25, 0.3) is 0 Å². The first kappa shape index (κ1) is 20.5. The fraction of sp³-hybridized carbons (Fsp3) is 0.200. The molecular weight excluding hydrogens is 360 g/mol. The van der Waals surface area contributed by atoms with Gasteiger partial charge in [0.2, 0.25) is 5.91 Å². The summed E-state index contributed by atoms with van der Waals surface area (Å²) < 4.78 is 10.3. The molecule has 0 fully saturated rings. The molecule has 0 saturated heterocycles. The van der Waals surface area contributed by atoms with E-state index < -0.39 is 5.91 Å². The number of nitrogens with one attached hydrogen (secondary N) is 2. The van der Waals surface area contributed by atoms with Crippen molar-refractivity contribution in [1.29, 1.82) is 5.26 Å². The summed E-state index contributed by atoms with van der Waals surface area (Å²) in [6.45, 7) is 1.63. The van der Waals surface area contributed by atoms with Gasteiger partial charge in [-0.05, 0) is 43.3 Å². The van der Waals surface area contributed by atoms with Crippen molar-refractivity contribution < 1.29 is 19.1 Å². The van der Waals surface area contributed by atoms with Crippen molar-refractivity contribution in [2.45, 2.75) is 13.3 Å². The summed E-state index contributed by atoms with van der Waals surface area (Å²) in [4.78, 5) is 24.3. The monoisotopic (exact) mass is 380 g/mol. The van der Waals surface area contributed by atoms with E-state index in [9.17, 15) is 9.59 Å². The van der Waals surface area contributed by atoms with Gasteiger partial charge in [0.1, 0.15) is 0 Å². The number of amides is 2. The molecule has 2 aromatic rings. The second kappa shape index (κ2) is 9.73. The maximum atomic E-state index is 12.2. The van der Waals surface area contributed by atoms with E-state index in [4.69, 9.17) is 14.7 Å². The predicted octanol–water partition coefficient (Wildman–Crippen LogP) is 2.71. The first-order chi connectivity index (χ1) is 13.5. The van der Waals surface area contributed by atoms with Crippen molar-refractivity contribution in [2.24, 2.45) is 5.10 Å². The van der Waals surface area contributed by atoms with Crippen LogP contribution in [0.3, 0.4) is 0 Å². The van der Waals surface area contributed by atoms with Crippen molar-refractivity contribution in [3.05, 3.63) is 53.6 Å². The lowest BCUT2D eigenvalue weighted by atomic mass is 10.2. The van der Waals surface area contributed by atoms with Crippen molar-refractivity contribution in [3.63, 3.8) is 0 Å². The lowest BCUT2D eigenvalue weighted by Gasteiger charge is -2.09. The topological polar surface area (TPSA) is 113 Å². The third kappa shape index (κ3) is 5.57. The molecule has 28 heavy (non-hydrogen) atoms. The maximum absolute atomic E-state index is 12.2. The van der Waals surface area contributed by atoms with Gasteiger partial charge in [-0.3, -0.25) is 9.59 Å². The molecule has 0 aliphatic rings. The number of anilines is 1. The van der Waals surface area contributed by atoms with E-state index >= 15 is 0 Å². The van der Waals surface area contributed by atoms with Crippen LogP contribution in [-0.2, 0) is 4.79 Å². The summed E-state index contributed by atoms with van der Waals surface area (Å²) in [6, 6.07) is 13.3. The molecule has 2 aromatic carbocycles. The standard InChI is InChI=1S/C20H20N4O4/c1-13(9-19(25)22-16-6-4-5-14(10-16)12-21)23-24-20(26)15-7-8-17(27-2)18(11-15)28-3/h4-8,10-11H,9H2,1-3H3,(H,22,25)(H,24,26)/b23-13+. The van der Waals surface area contributed by atoms with Crippen LogP contribution in [0.4, 0.5) is 5.69 Å². The zero-order valence-corrected chi connectivity index (χ0v) is 15.8. The molecule has 144 valence electrons. The molecule has 0 radical (unpaired) electrons. The van der Waals surface area contributed by atoms with E-state index in [0.29, 0.717) is 34.0 Å². The minimum absolute atomic E-state index is 0.0109. The average Bonchev–Trinajstić information content (AvgIpc) is 2.71. The molecule has 0 unspecified atom stereocenters. The van der Waals surface area contributed by atoms with Crippen LogP contribution in [0.5, 0.6) is 11.5 Å². The van der Waals surface area contributed by atoms with Gasteiger partial charge in [0, 0.05) is 17.0 Å². The van der Waals surface area contributed by atoms with Gasteiger partial charge in [-0.25, -0.2) is 5.43 Å². The normalized spacial score (nSPS) is 10.6. The molecule has 0 saturated carbocycles. The van der Waals surface area contributed by atoms with E-state index in [1.165, 1.54) is 20.3 Å². The number of hydrogen-bond acceptors (Lipinski definition) is 6. The molecule has 2 N–H and O–H groups in total. The Kier molecular flexibility index (Phi) is 7.11. The number of benzene rings is 2. The Bertz CT molecular complexity index is 947. The van der Waals surface area contributed by atoms with Gasteiger partial charge in [-0.15, -0.1) is 0 Å². The van der Waals surface area contributed by atoms with E-state index in [0.717, 1.165) is 0 Å². The highest BCUT2D eigenvalue weighted by Crippen LogP contribution is 2.27. The highest BCUT2D eigenvalue weighted by Gasteiger charge is 2.11. The Morgan fingerprint density at radius 3 is 2.54 bits per heavy atom. The van der Waals surface area contributed by atoms with Crippen molar-refractivity contribution in [2.75, 3.05) is 19.5 Å². The Balaban J connectivity index is 1.95. The van der Waals surface area contributed by atoms with Gasteiger partial charge >= 0.3 is 0 Å². The molecule has 0 bridgehead atoms. The third-order valence-corrected chi connectivity index (χ3v) is 3.69. The lowest BCUT2D eigenvalue weighted by molar-refractivity contribution is -0.115. The van der Waals surface area contributed by atoms with Gasteiger partial charge < -0.3 is 14.8 Å². The number of carbonyl (C=O) groups excluding carboxylic acids is 2. The van der Waals surface area contributed by atoms with Crippen LogP contribution < -0.4 is 20.2 Å². The van der Waals surface area contributed by atoms with Gasteiger partial charge in [0.05, 0.1) is 32.3 Å². The van der Waals surface area contributed by atoms with Crippen LogP contribution in [0, 0.1) is 11.3 Å². The summed E-state index contributed by atoms with van der Waals surface area (Å²) in [5, 5.41) is 15.5. The molecule has 0 spiro atoms. The summed E-state index contributed by atoms with van der Waals surface area (Å²) in [5.74, 6) is 0.185. The van der Waals surface area contributed by atoms with E-state index in [1.54, 1.807) is 43.3 Å². The lowest BCUT2D eigenvalue weighted by Crippen LogP contribution is -2.21. The number of hydrogen-bond donors (Lipinski definition) is 2. The van der Waals surface area contributed by atoms with Gasteiger partial charge in [0.25, 0.3) is 5.91 Å². The minimum atomic E-state index is -0.442. The van der Waals surface area contributed by atoms with Crippen LogP contribution in [0.15, 0.2) is 47.6 Å². The number of nitrogens with zero attached hydrogens (tertiary/aromatic N) is 2. The molecule has 0 aliphatic heterocycles. The van der Waals surface area contributed by atoms with Crippen LogP contribution in [0.2, 0.25) is 0 Å². The largest absolute Gasteiger partial charge is 0.493 e. The molecule has 2 rings (SSSR count). The Hall–Kier alpha value is -3.86. The van der Waals surface area contributed by atoms with Crippen LogP contribution in [0.1, 0.15) is 29.3 Å². The van der Waals surface area contributed by atoms with Crippen LogP contribution >= 0.6 is 0 Å². The van der Waals surface area contributed by atoms with E-state index in [-0.39, 0.29) is 12.3 Å². The molecule has 8 heteroatoms. The zero-order chi connectivity index (χ0) is 20.5. The summed E-state index contributed by atoms with van der Waals surface area (Å²) in [5.41, 5.74) is 4.13. The van der Waals surface area contributed by atoms with E-state index in [1.807, 2.05) is 6.07 Å². The molecule has 2 amide bonds. The SMILES string of the molecule is COc1ccc(C(=O)N/N=C(\C)CC(=O)Nc2cccc(C#N)c2)cc1OC. The van der Waals surface area contributed by atoms with Crippen molar-refractivity contribution >= 4 is 23.2 Å². The molecular formula is C20H20N4O4. The minimum Gasteiger partial charge on any atom is -0.493 e. The van der Waals surface area contributed by atoms with Crippen molar-refractivity contribution in [3.8, 4) is 17.6 Å². The number of rotatable bonds is 7. The fourth-order valence-electron chi connectivity index (χ4n) is 2.33. The Morgan fingerprint density at radius 2 is 1.86 bits per heavy atom. The highest BCUT2D eigenvalue weighted by molar-refractivity contribution is 6.06. The highest BCUT2D eigenvalue weighted by atomic mass is 16.5. The fourth-order valence-corrected chi connectivity index (χ4v) is 2.33.